The summed E-state index contributed by atoms with van der Waals surface area (Å²) in [5.74, 6) is -0.584. The number of aromatic nitrogens is 1. The monoisotopic (exact) mass is 468 g/mol. The Balaban J connectivity index is 1.39. The maximum Gasteiger partial charge on any atom is 0.269 e. The van der Waals surface area contributed by atoms with Crippen molar-refractivity contribution in [1.82, 2.24) is 20.7 Å². The van der Waals surface area contributed by atoms with E-state index in [4.69, 9.17) is 4.74 Å². The van der Waals surface area contributed by atoms with Gasteiger partial charge in [0.25, 0.3) is 17.7 Å². The summed E-state index contributed by atoms with van der Waals surface area (Å²) in [7, 11) is 1.54. The molecule has 1 aliphatic heterocycles. The summed E-state index contributed by atoms with van der Waals surface area (Å²) < 4.78 is 5.09. The number of amides is 3. The number of hydrogen-bond donors (Lipinski definition) is 3. The molecule has 2 heterocycles. The number of methoxy groups -OCH3 is 1. The Morgan fingerprint density at radius 3 is 2.46 bits per heavy atom. The number of H-pyrrole nitrogens is 1. The van der Waals surface area contributed by atoms with Crippen molar-refractivity contribution in [1.29, 1.82) is 0 Å². The normalized spacial score (nSPS) is 14.6. The molecule has 1 atom stereocenters. The zero-order valence-electron chi connectivity index (χ0n) is 19.3. The minimum Gasteiger partial charge on any atom is -0.497 e. The third-order valence-electron chi connectivity index (χ3n) is 6.26. The second-order valence-electron chi connectivity index (χ2n) is 8.36. The molecule has 0 aliphatic carbocycles. The van der Waals surface area contributed by atoms with Crippen molar-refractivity contribution < 1.29 is 19.1 Å². The van der Waals surface area contributed by atoms with E-state index >= 15 is 0 Å². The number of aromatic amines is 1. The van der Waals surface area contributed by atoms with Gasteiger partial charge in [-0.25, -0.2) is 0 Å². The number of ether oxygens (including phenoxy) is 1. The van der Waals surface area contributed by atoms with Crippen molar-refractivity contribution in [3.05, 3.63) is 101 Å². The second-order valence-corrected chi connectivity index (χ2v) is 8.36. The van der Waals surface area contributed by atoms with E-state index in [0.29, 0.717) is 16.9 Å². The first-order chi connectivity index (χ1) is 17.0. The molecule has 3 amide bonds. The molecule has 1 aromatic heterocycles. The van der Waals surface area contributed by atoms with Crippen LogP contribution in [0.4, 0.5) is 0 Å². The van der Waals surface area contributed by atoms with Crippen LogP contribution in [-0.2, 0) is 4.79 Å². The molecule has 0 saturated carbocycles. The molecule has 8 nitrogen and oxygen atoms in total. The molecule has 176 valence electrons. The lowest BCUT2D eigenvalue weighted by Gasteiger charge is -2.25. The van der Waals surface area contributed by atoms with Gasteiger partial charge in [0.05, 0.1) is 13.2 Å². The number of hydrogen-bond acceptors (Lipinski definition) is 4. The van der Waals surface area contributed by atoms with Gasteiger partial charge in [0.15, 0.2) is 0 Å². The zero-order chi connectivity index (χ0) is 24.5. The number of carbonyl (C=O) groups excluding carboxylic acids is 3. The van der Waals surface area contributed by atoms with Crippen molar-refractivity contribution in [2.24, 2.45) is 0 Å². The number of benzene rings is 3. The Morgan fingerprint density at radius 2 is 1.69 bits per heavy atom. The predicted molar refractivity (Wildman–Crippen MR) is 131 cm³/mol. The molecular weight excluding hydrogens is 444 g/mol. The maximum absolute atomic E-state index is 13.3. The summed E-state index contributed by atoms with van der Waals surface area (Å²) in [6.45, 7) is 1.74. The lowest BCUT2D eigenvalue weighted by molar-refractivity contribution is -0.122. The highest BCUT2D eigenvalue weighted by molar-refractivity contribution is 6.03. The number of nitrogens with one attached hydrogen (secondary N) is 3. The van der Waals surface area contributed by atoms with Gasteiger partial charge in [-0.15, -0.1) is 0 Å². The Labute approximate surface area is 201 Å². The largest absolute Gasteiger partial charge is 0.497 e. The lowest BCUT2D eigenvalue weighted by atomic mass is 9.95. The molecule has 0 spiro atoms. The highest BCUT2D eigenvalue weighted by Crippen LogP contribution is 2.42. The zero-order valence-corrected chi connectivity index (χ0v) is 19.3. The third-order valence-corrected chi connectivity index (χ3v) is 6.26. The first-order valence-corrected chi connectivity index (χ1v) is 11.2. The van der Waals surface area contributed by atoms with E-state index in [0.717, 1.165) is 27.7 Å². The summed E-state index contributed by atoms with van der Waals surface area (Å²) in [5, 5.41) is 0.998. The van der Waals surface area contributed by atoms with E-state index < -0.39 is 17.9 Å². The summed E-state index contributed by atoms with van der Waals surface area (Å²) in [6, 6.07) is 21.4. The molecule has 3 aromatic carbocycles. The van der Waals surface area contributed by atoms with Gasteiger partial charge >= 0.3 is 0 Å². The number of nitrogens with zero attached hydrogens (tertiary/aromatic N) is 1. The molecule has 5 rings (SSSR count). The quantitative estimate of drug-likeness (QED) is 0.390. The fourth-order valence-electron chi connectivity index (χ4n) is 4.63. The molecule has 0 saturated heterocycles. The van der Waals surface area contributed by atoms with Gasteiger partial charge in [0.2, 0.25) is 0 Å². The fourth-order valence-corrected chi connectivity index (χ4v) is 4.63. The molecule has 4 aromatic rings. The van der Waals surface area contributed by atoms with Crippen LogP contribution in [0.3, 0.4) is 0 Å². The van der Waals surface area contributed by atoms with Crippen molar-refractivity contribution >= 4 is 28.6 Å². The fraction of sp³-hybridized carbons (Fsp3) is 0.148. The lowest BCUT2D eigenvalue weighted by Crippen LogP contribution is -2.47. The van der Waals surface area contributed by atoms with Crippen LogP contribution in [0.1, 0.15) is 43.6 Å². The first-order valence-electron chi connectivity index (χ1n) is 11.2. The van der Waals surface area contributed by atoms with Gasteiger partial charge in [-0.3, -0.25) is 25.2 Å². The standard InChI is InChI=1S/C27H24N4O4/c1-16-24(21-9-5-6-10-22(21)28-16)25-19-7-3-4-8-20(19)27(34)31(25)15-23(32)29-30-26(33)17-11-13-18(35-2)14-12-17/h3-14,25,28H,15H2,1-2H3,(H,29,32)(H,30,33)/t25-/m1/s1. The Kier molecular flexibility index (Phi) is 5.70. The number of hydrazine groups is 1. The molecule has 35 heavy (non-hydrogen) atoms. The van der Waals surface area contributed by atoms with Crippen LogP contribution >= 0.6 is 0 Å². The minimum absolute atomic E-state index is 0.222. The van der Waals surface area contributed by atoms with Gasteiger partial charge in [-0.2, -0.15) is 0 Å². The average molecular weight is 469 g/mol. The smallest absolute Gasteiger partial charge is 0.269 e. The van der Waals surface area contributed by atoms with Crippen molar-refractivity contribution in [2.75, 3.05) is 13.7 Å². The Bertz CT molecular complexity index is 1440. The van der Waals surface area contributed by atoms with E-state index in [-0.39, 0.29) is 12.5 Å². The molecular formula is C27H24N4O4. The van der Waals surface area contributed by atoms with E-state index in [1.165, 1.54) is 7.11 Å². The highest BCUT2D eigenvalue weighted by atomic mass is 16.5. The van der Waals surface area contributed by atoms with Gasteiger partial charge in [0, 0.05) is 33.3 Å². The highest BCUT2D eigenvalue weighted by Gasteiger charge is 2.40. The number of fused-ring (bicyclic) bond motifs is 2. The van der Waals surface area contributed by atoms with Crippen molar-refractivity contribution in [3.8, 4) is 5.75 Å². The Morgan fingerprint density at radius 1 is 0.971 bits per heavy atom. The number of para-hydroxylation sites is 1. The van der Waals surface area contributed by atoms with Crippen molar-refractivity contribution in [3.63, 3.8) is 0 Å². The summed E-state index contributed by atoms with van der Waals surface area (Å²) in [6.07, 6.45) is 0. The van der Waals surface area contributed by atoms with E-state index in [1.807, 2.05) is 49.4 Å². The SMILES string of the molecule is COc1ccc(C(=O)NNC(=O)CN2C(=O)c3ccccc3[C@@H]2c2c(C)[nH]c3ccccc23)cc1. The Hall–Kier alpha value is -4.59. The number of rotatable bonds is 5. The van der Waals surface area contributed by atoms with E-state index in [9.17, 15) is 14.4 Å². The molecule has 0 fully saturated rings. The predicted octanol–water partition coefficient (Wildman–Crippen LogP) is 3.49. The van der Waals surface area contributed by atoms with Gasteiger partial charge in [-0.05, 0) is 48.9 Å². The topological polar surface area (TPSA) is 104 Å². The second kappa shape index (κ2) is 8.98. The minimum atomic E-state index is -0.504. The van der Waals surface area contributed by atoms with Crippen LogP contribution in [0.2, 0.25) is 0 Å². The van der Waals surface area contributed by atoms with Crippen LogP contribution in [0, 0.1) is 6.92 Å². The van der Waals surface area contributed by atoms with Gasteiger partial charge in [-0.1, -0.05) is 36.4 Å². The van der Waals surface area contributed by atoms with Crippen LogP contribution < -0.4 is 15.6 Å². The molecule has 0 radical (unpaired) electrons. The van der Waals surface area contributed by atoms with Crippen LogP contribution in [-0.4, -0.2) is 41.3 Å². The number of carbonyl (C=O) groups is 3. The molecule has 0 unspecified atom stereocenters. The third kappa shape index (κ3) is 3.99. The van der Waals surface area contributed by atoms with Crippen LogP contribution in [0.5, 0.6) is 5.75 Å². The average Bonchev–Trinajstić information content (AvgIpc) is 3.35. The van der Waals surface area contributed by atoms with Crippen LogP contribution in [0.15, 0.2) is 72.8 Å². The van der Waals surface area contributed by atoms with Gasteiger partial charge < -0.3 is 14.6 Å². The molecule has 1 aliphatic rings. The van der Waals surface area contributed by atoms with Crippen molar-refractivity contribution in [2.45, 2.75) is 13.0 Å². The van der Waals surface area contributed by atoms with E-state index in [2.05, 4.69) is 15.8 Å². The summed E-state index contributed by atoms with van der Waals surface area (Å²) in [4.78, 5) is 43.5. The van der Waals surface area contributed by atoms with Crippen LogP contribution in [0.25, 0.3) is 10.9 Å². The van der Waals surface area contributed by atoms with Gasteiger partial charge in [0.1, 0.15) is 12.3 Å². The van der Waals surface area contributed by atoms with E-state index in [1.54, 1.807) is 35.2 Å². The molecule has 8 heteroatoms. The summed E-state index contributed by atoms with van der Waals surface area (Å²) >= 11 is 0. The molecule has 3 N–H and O–H groups in total. The number of aryl methyl sites for hydroxylation is 1. The molecule has 0 bridgehead atoms. The first kappa shape index (κ1) is 22.2. The summed E-state index contributed by atoms with van der Waals surface area (Å²) in [5.41, 5.74) is 9.47. The maximum atomic E-state index is 13.3.